The van der Waals surface area contributed by atoms with Crippen molar-refractivity contribution in [2.45, 2.75) is 50.5 Å². The first kappa shape index (κ1) is 11.9. The van der Waals surface area contributed by atoms with Gasteiger partial charge in [0.05, 0.1) is 0 Å². The van der Waals surface area contributed by atoms with E-state index in [-0.39, 0.29) is 0 Å². The molecule has 1 saturated heterocycles. The number of Topliss-reactive ketones (excluding diaryl/α,β-unsaturated/α-hetero) is 1. The Morgan fingerprint density at radius 1 is 1.22 bits per heavy atom. The van der Waals surface area contributed by atoms with Gasteiger partial charge in [0.15, 0.2) is 5.78 Å². The molecule has 1 saturated carbocycles. The summed E-state index contributed by atoms with van der Waals surface area (Å²) >= 11 is 0. The number of ketones is 1. The number of carbonyl (C=O) groups is 1. The minimum Gasteiger partial charge on any atom is -0.314 e. The second-order valence-corrected chi connectivity index (χ2v) is 5.67. The quantitative estimate of drug-likeness (QED) is 0.822. The van der Waals surface area contributed by atoms with Crippen LogP contribution in [0.3, 0.4) is 0 Å². The normalized spacial score (nSPS) is 23.9. The van der Waals surface area contributed by atoms with E-state index in [0.717, 1.165) is 18.5 Å². The number of hydrogen-bond acceptors (Lipinski definition) is 2. The smallest absolute Gasteiger partial charge is 0.164 e. The number of benzene rings is 1. The third-order valence-corrected chi connectivity index (χ3v) is 4.38. The Bertz CT molecular complexity index is 430. The maximum absolute atomic E-state index is 12.2. The second kappa shape index (κ2) is 5.23. The molecule has 1 aliphatic heterocycles. The highest BCUT2D eigenvalue weighted by Gasteiger charge is 2.22. The summed E-state index contributed by atoms with van der Waals surface area (Å²) < 4.78 is 0. The summed E-state index contributed by atoms with van der Waals surface area (Å²) in [6, 6.07) is 8.72. The molecule has 0 amide bonds. The third-order valence-electron chi connectivity index (χ3n) is 4.38. The van der Waals surface area contributed by atoms with Crippen LogP contribution in [0.5, 0.6) is 0 Å². The van der Waals surface area contributed by atoms with Crippen molar-refractivity contribution in [2.24, 2.45) is 0 Å². The fourth-order valence-electron chi connectivity index (χ4n) is 2.98. The lowest BCUT2D eigenvalue weighted by molar-refractivity contribution is 0.0971. The molecule has 0 bridgehead atoms. The lowest BCUT2D eigenvalue weighted by atomic mass is 9.79. The Balaban J connectivity index is 1.68. The van der Waals surface area contributed by atoms with Gasteiger partial charge in [0.2, 0.25) is 0 Å². The molecule has 0 radical (unpaired) electrons. The molecule has 2 aliphatic rings. The van der Waals surface area contributed by atoms with Crippen molar-refractivity contribution in [1.82, 2.24) is 5.32 Å². The molecule has 1 atom stereocenters. The van der Waals surface area contributed by atoms with Crippen molar-refractivity contribution in [2.75, 3.05) is 6.54 Å². The van der Waals surface area contributed by atoms with Crippen molar-refractivity contribution in [1.29, 1.82) is 0 Å². The number of hydrogen-bond donors (Lipinski definition) is 1. The minimum atomic E-state index is 0.301. The molecule has 0 spiro atoms. The minimum absolute atomic E-state index is 0.301. The van der Waals surface area contributed by atoms with Gasteiger partial charge in [-0.2, -0.15) is 0 Å². The molecular weight excluding hydrogens is 222 g/mol. The molecule has 96 valence electrons. The van der Waals surface area contributed by atoms with Gasteiger partial charge in [0.25, 0.3) is 0 Å². The molecular formula is C16H21NO. The predicted octanol–water partition coefficient (Wildman–Crippen LogP) is 3.28. The van der Waals surface area contributed by atoms with Gasteiger partial charge >= 0.3 is 0 Å². The van der Waals surface area contributed by atoms with Crippen LogP contribution in [0.25, 0.3) is 0 Å². The van der Waals surface area contributed by atoms with Crippen LogP contribution in [0.1, 0.15) is 60.4 Å². The standard InChI is InChI=1S/C16H21NO/c18-16(11-15-8-3-9-17-15)14-7-2-6-13(10-14)12-4-1-5-12/h2,6-7,10,12,15,17H,1,3-5,8-9,11H2. The zero-order valence-electron chi connectivity index (χ0n) is 10.8. The van der Waals surface area contributed by atoms with Crippen molar-refractivity contribution in [3.63, 3.8) is 0 Å². The molecule has 0 aromatic heterocycles. The van der Waals surface area contributed by atoms with E-state index in [1.165, 1.54) is 31.2 Å². The van der Waals surface area contributed by atoms with Gasteiger partial charge in [0, 0.05) is 18.0 Å². The monoisotopic (exact) mass is 243 g/mol. The summed E-state index contributed by atoms with van der Waals surface area (Å²) in [5.74, 6) is 1.01. The van der Waals surface area contributed by atoms with E-state index >= 15 is 0 Å². The second-order valence-electron chi connectivity index (χ2n) is 5.67. The first-order valence-electron chi connectivity index (χ1n) is 7.19. The summed E-state index contributed by atoms with van der Waals surface area (Å²) in [7, 11) is 0. The molecule has 1 aliphatic carbocycles. The summed E-state index contributed by atoms with van der Waals surface area (Å²) in [5.41, 5.74) is 2.28. The largest absolute Gasteiger partial charge is 0.314 e. The number of nitrogens with one attached hydrogen (secondary N) is 1. The SMILES string of the molecule is O=C(CC1CCCN1)c1cccc(C2CCC2)c1. The molecule has 2 nitrogen and oxygen atoms in total. The Morgan fingerprint density at radius 3 is 2.78 bits per heavy atom. The van der Waals surface area contributed by atoms with E-state index in [4.69, 9.17) is 0 Å². The lowest BCUT2D eigenvalue weighted by Crippen LogP contribution is -2.24. The van der Waals surface area contributed by atoms with Crippen LogP contribution >= 0.6 is 0 Å². The Hall–Kier alpha value is -1.15. The highest BCUT2D eigenvalue weighted by Crippen LogP contribution is 2.36. The van der Waals surface area contributed by atoms with E-state index < -0.39 is 0 Å². The van der Waals surface area contributed by atoms with Gasteiger partial charge < -0.3 is 5.32 Å². The summed E-state index contributed by atoms with van der Waals surface area (Å²) in [5, 5.41) is 3.40. The fourth-order valence-corrected chi connectivity index (χ4v) is 2.98. The van der Waals surface area contributed by atoms with Crippen LogP contribution in [0.15, 0.2) is 24.3 Å². The Morgan fingerprint density at radius 2 is 2.11 bits per heavy atom. The van der Waals surface area contributed by atoms with Crippen molar-refractivity contribution in [3.05, 3.63) is 35.4 Å². The fraction of sp³-hybridized carbons (Fsp3) is 0.562. The molecule has 1 aromatic rings. The van der Waals surface area contributed by atoms with E-state index in [0.29, 0.717) is 24.2 Å². The summed E-state index contributed by atoms with van der Waals surface area (Å²) in [4.78, 5) is 12.2. The highest BCUT2D eigenvalue weighted by atomic mass is 16.1. The first-order valence-corrected chi connectivity index (χ1v) is 7.19. The van der Waals surface area contributed by atoms with Crippen molar-refractivity contribution >= 4 is 5.78 Å². The Labute approximate surface area is 109 Å². The molecule has 18 heavy (non-hydrogen) atoms. The summed E-state index contributed by atoms with van der Waals surface area (Å²) in [6.45, 7) is 1.07. The number of rotatable bonds is 4. The van der Waals surface area contributed by atoms with Crippen molar-refractivity contribution < 1.29 is 4.79 Å². The van der Waals surface area contributed by atoms with E-state index in [1.54, 1.807) is 0 Å². The van der Waals surface area contributed by atoms with Crippen LogP contribution < -0.4 is 5.32 Å². The molecule has 3 rings (SSSR count). The number of carbonyl (C=O) groups excluding carboxylic acids is 1. The molecule has 1 unspecified atom stereocenters. The summed E-state index contributed by atoms with van der Waals surface area (Å²) in [6.07, 6.45) is 6.95. The van der Waals surface area contributed by atoms with Gasteiger partial charge in [-0.1, -0.05) is 24.6 Å². The zero-order chi connectivity index (χ0) is 12.4. The van der Waals surface area contributed by atoms with Gasteiger partial charge in [-0.3, -0.25) is 4.79 Å². The van der Waals surface area contributed by atoms with Crippen LogP contribution in [0.2, 0.25) is 0 Å². The maximum atomic E-state index is 12.2. The molecule has 1 heterocycles. The van der Waals surface area contributed by atoms with Crippen molar-refractivity contribution in [3.8, 4) is 0 Å². The van der Waals surface area contributed by atoms with E-state index in [9.17, 15) is 4.79 Å². The highest BCUT2D eigenvalue weighted by molar-refractivity contribution is 5.96. The first-order chi connectivity index (χ1) is 8.83. The lowest BCUT2D eigenvalue weighted by Gasteiger charge is -2.26. The average molecular weight is 243 g/mol. The predicted molar refractivity (Wildman–Crippen MR) is 73.0 cm³/mol. The van der Waals surface area contributed by atoms with E-state index in [2.05, 4.69) is 17.4 Å². The van der Waals surface area contributed by atoms with Gasteiger partial charge in [-0.15, -0.1) is 0 Å². The molecule has 1 N–H and O–H groups in total. The topological polar surface area (TPSA) is 29.1 Å². The van der Waals surface area contributed by atoms with Crippen LogP contribution in [0.4, 0.5) is 0 Å². The molecule has 2 fully saturated rings. The van der Waals surface area contributed by atoms with Gasteiger partial charge in [-0.25, -0.2) is 0 Å². The average Bonchev–Trinajstić information content (AvgIpc) is 2.80. The zero-order valence-corrected chi connectivity index (χ0v) is 10.8. The van der Waals surface area contributed by atoms with Crippen LogP contribution in [0, 0.1) is 0 Å². The molecule has 2 heteroatoms. The van der Waals surface area contributed by atoms with Gasteiger partial charge in [-0.05, 0) is 49.8 Å². The van der Waals surface area contributed by atoms with Crippen LogP contribution in [-0.4, -0.2) is 18.4 Å². The Kier molecular flexibility index (Phi) is 3.46. The molecule has 1 aromatic carbocycles. The van der Waals surface area contributed by atoms with Gasteiger partial charge in [0.1, 0.15) is 0 Å². The third kappa shape index (κ3) is 2.49. The van der Waals surface area contributed by atoms with Crippen LogP contribution in [-0.2, 0) is 0 Å². The maximum Gasteiger partial charge on any atom is 0.164 e. The van der Waals surface area contributed by atoms with E-state index in [1.807, 2.05) is 12.1 Å².